The smallest absolute Gasteiger partial charge is 0.240 e. The van der Waals surface area contributed by atoms with E-state index in [2.05, 4.69) is 31.7 Å². The van der Waals surface area contributed by atoms with E-state index in [1.165, 1.54) is 17.4 Å². The van der Waals surface area contributed by atoms with Gasteiger partial charge < -0.3 is 9.64 Å². The minimum absolute atomic E-state index is 0.111. The SMILES string of the molecule is C=CCCCCC[C@H](Cc1ccc(F)c(C)c1)C(=O)N1C[C@H](Oc2cc(-c3nc(C(C)C)cs3)nc3c(C)c(C)ccc23)C[C@H]1C(=O)C[C@]1(C(=O)NS(=O)(=O)C2(C)CC2)C[C@H]1C=C. The number of benzene rings is 2. The lowest BCUT2D eigenvalue weighted by molar-refractivity contribution is -0.142. The number of pyridine rings is 1. The number of sulfonamides is 1. The zero-order valence-corrected chi connectivity index (χ0v) is 39.1. The number of Topliss-reactive ketones (excluding diaryl/α,β-unsaturated/α-hetero) is 1. The predicted molar refractivity (Wildman–Crippen MR) is 248 cm³/mol. The summed E-state index contributed by atoms with van der Waals surface area (Å²) in [6, 6.07) is 9.87. The summed E-state index contributed by atoms with van der Waals surface area (Å²) in [4.78, 5) is 55.5. The third-order valence-electron chi connectivity index (χ3n) is 13.7. The van der Waals surface area contributed by atoms with Gasteiger partial charge in [-0.15, -0.1) is 24.5 Å². The van der Waals surface area contributed by atoms with E-state index >= 15 is 4.79 Å². The largest absolute Gasteiger partial charge is 0.488 e. The number of hydrogen-bond donors (Lipinski definition) is 1. The van der Waals surface area contributed by atoms with Crippen molar-refractivity contribution in [3.8, 4) is 16.5 Å². The minimum Gasteiger partial charge on any atom is -0.488 e. The molecule has 10 nitrogen and oxygen atoms in total. The summed E-state index contributed by atoms with van der Waals surface area (Å²) in [7, 11) is -3.96. The Morgan fingerprint density at radius 3 is 2.46 bits per heavy atom. The fourth-order valence-corrected chi connectivity index (χ4v) is 11.2. The Kier molecular flexibility index (Phi) is 13.5. The average molecular weight is 897 g/mol. The first kappa shape index (κ1) is 46.2. The molecule has 1 saturated heterocycles. The number of halogens is 1. The van der Waals surface area contributed by atoms with E-state index in [1.807, 2.05) is 43.5 Å². The van der Waals surface area contributed by atoms with Crippen molar-refractivity contribution < 1.29 is 31.9 Å². The number of likely N-dealkylation sites (tertiary alicyclic amines) is 1. The summed E-state index contributed by atoms with van der Waals surface area (Å²) in [5, 5.41) is 3.60. The van der Waals surface area contributed by atoms with Gasteiger partial charge in [-0.25, -0.2) is 22.8 Å². The molecule has 4 aromatic rings. The second-order valence-corrected chi connectivity index (χ2v) is 21.8. The Labute approximate surface area is 375 Å². The minimum atomic E-state index is -3.96. The molecule has 2 aliphatic carbocycles. The molecule has 63 heavy (non-hydrogen) atoms. The highest BCUT2D eigenvalue weighted by atomic mass is 32.2. The topological polar surface area (TPSA) is 136 Å². The van der Waals surface area contributed by atoms with Crippen LogP contribution in [-0.4, -0.2) is 64.3 Å². The molecule has 0 bridgehead atoms. The Morgan fingerprint density at radius 1 is 1.05 bits per heavy atom. The van der Waals surface area contributed by atoms with Crippen LogP contribution in [0.4, 0.5) is 4.39 Å². The van der Waals surface area contributed by atoms with Crippen LogP contribution >= 0.6 is 11.3 Å². The highest BCUT2D eigenvalue weighted by Gasteiger charge is 2.62. The van der Waals surface area contributed by atoms with Gasteiger partial charge >= 0.3 is 0 Å². The molecule has 3 aliphatic rings. The lowest BCUT2D eigenvalue weighted by Crippen LogP contribution is -2.47. The summed E-state index contributed by atoms with van der Waals surface area (Å²) >= 11 is 1.52. The van der Waals surface area contributed by atoms with Crippen molar-refractivity contribution in [1.29, 1.82) is 0 Å². The summed E-state index contributed by atoms with van der Waals surface area (Å²) < 4.78 is 49.1. The van der Waals surface area contributed by atoms with Crippen molar-refractivity contribution in [2.24, 2.45) is 17.3 Å². The van der Waals surface area contributed by atoms with Gasteiger partial charge in [-0.1, -0.05) is 57.0 Å². The predicted octanol–water partition coefficient (Wildman–Crippen LogP) is 10.0. The van der Waals surface area contributed by atoms with E-state index in [9.17, 15) is 22.4 Å². The number of hydrogen-bond acceptors (Lipinski definition) is 9. The van der Waals surface area contributed by atoms with Gasteiger partial charge in [-0.2, -0.15) is 0 Å². The maximum absolute atomic E-state index is 15.1. The molecular weight excluding hydrogens is 836 g/mol. The van der Waals surface area contributed by atoms with Crippen molar-refractivity contribution in [3.05, 3.63) is 101 Å². The van der Waals surface area contributed by atoms with Crippen LogP contribution in [0.2, 0.25) is 0 Å². The van der Waals surface area contributed by atoms with E-state index < -0.39 is 50.1 Å². The lowest BCUT2D eigenvalue weighted by atomic mass is 9.89. The molecule has 3 fully saturated rings. The van der Waals surface area contributed by atoms with Gasteiger partial charge in [0.1, 0.15) is 28.4 Å². The maximum atomic E-state index is 15.1. The van der Waals surface area contributed by atoms with Gasteiger partial charge in [0, 0.05) is 35.6 Å². The van der Waals surface area contributed by atoms with E-state index in [0.29, 0.717) is 42.7 Å². The second-order valence-electron chi connectivity index (χ2n) is 18.8. The van der Waals surface area contributed by atoms with Gasteiger partial charge in [-0.05, 0) is 119 Å². The maximum Gasteiger partial charge on any atom is 0.240 e. The first-order valence-corrected chi connectivity index (χ1v) is 24.7. The van der Waals surface area contributed by atoms with Crippen molar-refractivity contribution in [2.45, 2.75) is 135 Å². The monoisotopic (exact) mass is 896 g/mol. The molecule has 1 aliphatic heterocycles. The van der Waals surface area contributed by atoms with Gasteiger partial charge in [-0.3, -0.25) is 19.1 Å². The number of ketones is 1. The highest BCUT2D eigenvalue weighted by molar-refractivity contribution is 7.91. The Bertz CT molecular complexity index is 2550. The molecule has 336 valence electrons. The molecule has 7 rings (SSSR count). The first-order valence-electron chi connectivity index (χ1n) is 22.3. The molecule has 2 aromatic heterocycles. The summed E-state index contributed by atoms with van der Waals surface area (Å²) in [5.41, 5.74) is 4.51. The van der Waals surface area contributed by atoms with Gasteiger partial charge in [0.15, 0.2) is 5.78 Å². The van der Waals surface area contributed by atoms with Crippen molar-refractivity contribution >= 4 is 49.9 Å². The molecule has 3 heterocycles. The van der Waals surface area contributed by atoms with Gasteiger partial charge in [0.05, 0.1) is 34.0 Å². The fourth-order valence-electron chi connectivity index (χ4n) is 8.92. The zero-order chi connectivity index (χ0) is 45.4. The number of aromatic nitrogens is 2. The molecule has 1 N–H and O–H groups in total. The molecule has 2 saturated carbocycles. The Balaban J connectivity index is 1.23. The lowest BCUT2D eigenvalue weighted by Gasteiger charge is -2.29. The zero-order valence-electron chi connectivity index (χ0n) is 37.5. The van der Waals surface area contributed by atoms with Crippen LogP contribution in [0.15, 0.2) is 67.1 Å². The number of amides is 2. The number of aryl methyl sites for hydroxylation is 3. The van der Waals surface area contributed by atoms with Crippen molar-refractivity contribution in [3.63, 3.8) is 0 Å². The second kappa shape index (κ2) is 18.4. The third kappa shape index (κ3) is 9.70. The van der Waals surface area contributed by atoms with Crippen LogP contribution in [0.3, 0.4) is 0 Å². The average Bonchev–Trinajstić information content (AvgIpc) is 4.03. The molecule has 2 amide bonds. The number of rotatable bonds is 20. The molecular formula is C50H61FN4O6S2. The summed E-state index contributed by atoms with van der Waals surface area (Å²) in [6.07, 6.45) is 8.35. The number of nitrogens with one attached hydrogen (secondary N) is 1. The molecule has 13 heteroatoms. The van der Waals surface area contributed by atoms with E-state index in [1.54, 1.807) is 37.0 Å². The van der Waals surface area contributed by atoms with E-state index in [-0.39, 0.29) is 49.2 Å². The van der Waals surface area contributed by atoms with Crippen LogP contribution in [0.25, 0.3) is 21.6 Å². The standard InChI is InChI=1S/C50H61FN4O6S2/c1-9-11-12-13-14-15-35(23-34-17-19-39(51)32(6)22-34)47(57)55-28-37(24-42(55)43(56)27-50(26-36(50)10-2)48(58)54-63(59,60)49(8)20-21-49)61-44-25-40(46-53-41(29-62-46)30(3)4)52-45-33(7)31(5)16-18-38(44)45/h9-10,16-19,22,25,29-30,35-37,42H,1-2,11-15,20-21,23-24,26-28H2,3-8H3,(H,54,58)/t35-,36-,37-,42+,50-/m1/s1. The van der Waals surface area contributed by atoms with Crippen LogP contribution in [0, 0.1) is 43.8 Å². The number of allylic oxidation sites excluding steroid dienone is 2. The molecule has 0 unspecified atom stereocenters. The van der Waals surface area contributed by atoms with E-state index in [4.69, 9.17) is 14.7 Å². The third-order valence-corrected chi connectivity index (χ3v) is 16.8. The highest BCUT2D eigenvalue weighted by Crippen LogP contribution is 2.57. The van der Waals surface area contributed by atoms with Crippen molar-refractivity contribution in [1.82, 2.24) is 19.6 Å². The fraction of sp³-hybridized carbons (Fsp3) is 0.500. The number of nitrogens with zero attached hydrogens (tertiary/aromatic N) is 3. The number of carbonyl (C=O) groups is 3. The first-order chi connectivity index (χ1) is 29.9. The van der Waals surface area contributed by atoms with Gasteiger partial charge in [0.2, 0.25) is 21.8 Å². The Hall–Kier alpha value is -4.75. The van der Waals surface area contributed by atoms with Gasteiger partial charge in [0.25, 0.3) is 0 Å². The molecule has 0 spiro atoms. The number of fused-ring (bicyclic) bond motifs is 1. The quantitative estimate of drug-likeness (QED) is 0.0684. The summed E-state index contributed by atoms with van der Waals surface area (Å²) in [5.74, 6) is -1.68. The van der Waals surface area contributed by atoms with E-state index in [0.717, 1.165) is 64.0 Å². The van der Waals surface area contributed by atoms with Crippen LogP contribution < -0.4 is 9.46 Å². The summed E-state index contributed by atoms with van der Waals surface area (Å²) in [6.45, 7) is 19.4. The number of thiazole rings is 1. The molecule has 2 aromatic carbocycles. The number of unbranched alkanes of at least 4 members (excludes halogenated alkanes) is 3. The number of ether oxygens (including phenoxy) is 1. The Morgan fingerprint density at radius 2 is 1.81 bits per heavy atom. The normalized spacial score (nSPS) is 21.9. The number of carbonyl (C=O) groups excluding carboxylic acids is 3. The van der Waals surface area contributed by atoms with Crippen LogP contribution in [0.5, 0.6) is 5.75 Å². The van der Waals surface area contributed by atoms with Crippen LogP contribution in [0.1, 0.15) is 119 Å². The molecule has 5 atom stereocenters. The van der Waals surface area contributed by atoms with Crippen LogP contribution in [-0.2, 0) is 30.8 Å². The molecule has 0 radical (unpaired) electrons. The van der Waals surface area contributed by atoms with Crippen molar-refractivity contribution in [2.75, 3.05) is 6.54 Å².